The van der Waals surface area contributed by atoms with Gasteiger partial charge in [0.2, 0.25) is 0 Å². The topological polar surface area (TPSA) is 68.7 Å². The van der Waals surface area contributed by atoms with E-state index in [1.54, 1.807) is 0 Å². The molecule has 0 spiro atoms. The zero-order valence-corrected chi connectivity index (χ0v) is 8.92. The van der Waals surface area contributed by atoms with Gasteiger partial charge in [0.1, 0.15) is 6.67 Å². The lowest BCUT2D eigenvalue weighted by Crippen LogP contribution is -2.19. The molecule has 9 heteroatoms. The van der Waals surface area contributed by atoms with Crippen LogP contribution in [0.25, 0.3) is 0 Å². The molecule has 0 unspecified atom stereocenters. The summed E-state index contributed by atoms with van der Waals surface area (Å²) >= 11 is 0. The van der Waals surface area contributed by atoms with Crippen LogP contribution >= 0.6 is 0 Å². The van der Waals surface area contributed by atoms with E-state index in [1.807, 2.05) is 0 Å². The Balaban J connectivity index is 3.24. The zero-order valence-electron chi connectivity index (χ0n) is 8.92. The summed E-state index contributed by atoms with van der Waals surface area (Å²) in [6.45, 7) is -1.38. The Morgan fingerprint density at radius 3 is 2.56 bits per heavy atom. The second-order valence-electron chi connectivity index (χ2n) is 2.98. The van der Waals surface area contributed by atoms with Crippen molar-refractivity contribution in [3.05, 3.63) is 17.3 Å². The lowest BCUT2D eigenvalue weighted by molar-refractivity contribution is -0.276. The summed E-state index contributed by atoms with van der Waals surface area (Å²) in [5, 5.41) is 9.34. The maximum absolute atomic E-state index is 12.6. The third-order valence-electron chi connectivity index (χ3n) is 1.88. The number of pyridine rings is 1. The molecule has 5 nitrogen and oxygen atoms in total. The summed E-state index contributed by atoms with van der Waals surface area (Å²) in [4.78, 5) is 14.2. The van der Waals surface area contributed by atoms with Crippen molar-refractivity contribution in [3.8, 4) is 11.6 Å². The van der Waals surface area contributed by atoms with Crippen LogP contribution in [0, 0.1) is 0 Å². The van der Waals surface area contributed by atoms with Gasteiger partial charge in [-0.25, -0.2) is 14.2 Å². The van der Waals surface area contributed by atoms with Crippen molar-refractivity contribution in [1.82, 2.24) is 4.98 Å². The number of hydrogen-bond acceptors (Lipinski definition) is 5. The number of aromatic hydroxyl groups is 1. The Labute approximate surface area is 98.0 Å². The molecule has 1 aromatic heterocycles. The SMILES string of the molecule is COC(=O)c1cnc(OC(F)(F)F)c(O)c1CF. The van der Waals surface area contributed by atoms with Crippen LogP contribution in [0.15, 0.2) is 6.20 Å². The second-order valence-corrected chi connectivity index (χ2v) is 2.98. The van der Waals surface area contributed by atoms with Crippen molar-refractivity contribution in [2.24, 2.45) is 0 Å². The number of nitrogens with zero attached hydrogens (tertiary/aromatic N) is 1. The molecule has 0 radical (unpaired) electrons. The fourth-order valence-electron chi connectivity index (χ4n) is 1.12. The smallest absolute Gasteiger partial charge is 0.503 e. The van der Waals surface area contributed by atoms with E-state index < -0.39 is 41.8 Å². The van der Waals surface area contributed by atoms with Crippen molar-refractivity contribution in [2.75, 3.05) is 7.11 Å². The van der Waals surface area contributed by atoms with Crippen LogP contribution in [-0.4, -0.2) is 29.5 Å². The summed E-state index contributed by atoms with van der Waals surface area (Å²) in [5.74, 6) is -3.47. The molecule has 100 valence electrons. The normalized spacial score (nSPS) is 11.2. The monoisotopic (exact) mass is 269 g/mol. The number of carbonyl (C=O) groups excluding carboxylic acids is 1. The quantitative estimate of drug-likeness (QED) is 0.670. The average Bonchev–Trinajstić information content (AvgIpc) is 2.28. The van der Waals surface area contributed by atoms with Crippen molar-refractivity contribution < 1.29 is 36.9 Å². The number of methoxy groups -OCH3 is 1. The fourth-order valence-corrected chi connectivity index (χ4v) is 1.12. The molecule has 0 saturated heterocycles. The molecular weight excluding hydrogens is 262 g/mol. The molecule has 0 aliphatic heterocycles. The number of alkyl halides is 4. The predicted molar refractivity (Wildman–Crippen MR) is 48.7 cm³/mol. The van der Waals surface area contributed by atoms with E-state index in [2.05, 4.69) is 14.5 Å². The molecule has 0 atom stereocenters. The minimum absolute atomic E-state index is 0.480. The molecule has 1 aromatic rings. The number of ether oxygens (including phenoxy) is 2. The summed E-state index contributed by atoms with van der Waals surface area (Å²) in [7, 11) is 0.988. The number of aromatic nitrogens is 1. The second kappa shape index (κ2) is 5.07. The summed E-state index contributed by atoms with van der Waals surface area (Å²) in [6, 6.07) is 0. The Kier molecular flexibility index (Phi) is 3.94. The average molecular weight is 269 g/mol. The standard InChI is InChI=1S/C9H7F4NO4/c1-17-8(16)5-3-14-7(18-9(11,12)13)6(15)4(5)2-10/h3,15H,2H2,1H3. The highest BCUT2D eigenvalue weighted by molar-refractivity contribution is 5.91. The summed E-state index contributed by atoms with van der Waals surface area (Å²) < 4.78 is 56.0. The van der Waals surface area contributed by atoms with E-state index in [-0.39, 0.29) is 0 Å². The number of esters is 1. The van der Waals surface area contributed by atoms with Gasteiger partial charge in [0.25, 0.3) is 5.88 Å². The highest BCUT2D eigenvalue weighted by Crippen LogP contribution is 2.34. The van der Waals surface area contributed by atoms with Crippen molar-refractivity contribution in [3.63, 3.8) is 0 Å². The molecule has 0 fully saturated rings. The Morgan fingerprint density at radius 1 is 1.50 bits per heavy atom. The minimum Gasteiger partial charge on any atom is -0.503 e. The van der Waals surface area contributed by atoms with Crippen molar-refractivity contribution >= 4 is 5.97 Å². The van der Waals surface area contributed by atoms with Gasteiger partial charge in [-0.05, 0) is 0 Å². The van der Waals surface area contributed by atoms with Crippen LogP contribution in [0.5, 0.6) is 11.6 Å². The van der Waals surface area contributed by atoms with E-state index in [4.69, 9.17) is 0 Å². The number of halogens is 4. The highest BCUT2D eigenvalue weighted by Gasteiger charge is 2.34. The molecule has 0 aliphatic rings. The first-order chi connectivity index (χ1) is 8.30. The van der Waals surface area contributed by atoms with Crippen LogP contribution in [0.2, 0.25) is 0 Å². The van der Waals surface area contributed by atoms with Crippen LogP contribution in [-0.2, 0) is 11.4 Å². The van der Waals surface area contributed by atoms with E-state index in [1.165, 1.54) is 0 Å². The van der Waals surface area contributed by atoms with E-state index in [0.29, 0.717) is 6.20 Å². The van der Waals surface area contributed by atoms with Crippen LogP contribution in [0.3, 0.4) is 0 Å². The highest BCUT2D eigenvalue weighted by atomic mass is 19.4. The molecule has 0 aromatic carbocycles. The lowest BCUT2D eigenvalue weighted by Gasteiger charge is -2.12. The van der Waals surface area contributed by atoms with E-state index >= 15 is 0 Å². The summed E-state index contributed by atoms with van der Waals surface area (Å²) in [5.41, 5.74) is -1.16. The van der Waals surface area contributed by atoms with Crippen LogP contribution in [0.1, 0.15) is 15.9 Å². The molecule has 1 heterocycles. The Hall–Kier alpha value is -2.06. The Bertz CT molecular complexity index is 461. The Morgan fingerprint density at radius 2 is 2.11 bits per heavy atom. The molecule has 18 heavy (non-hydrogen) atoms. The van der Waals surface area contributed by atoms with Crippen LogP contribution in [0.4, 0.5) is 17.6 Å². The number of rotatable bonds is 3. The van der Waals surface area contributed by atoms with Gasteiger partial charge in [0, 0.05) is 11.8 Å². The molecule has 0 bridgehead atoms. The third kappa shape index (κ3) is 2.99. The molecule has 1 N–H and O–H groups in total. The zero-order chi connectivity index (χ0) is 13.9. The van der Waals surface area contributed by atoms with Crippen molar-refractivity contribution in [2.45, 2.75) is 13.0 Å². The number of carbonyl (C=O) groups is 1. The molecular formula is C9H7F4NO4. The maximum atomic E-state index is 12.6. The first-order valence-electron chi connectivity index (χ1n) is 4.41. The first-order valence-corrected chi connectivity index (χ1v) is 4.41. The van der Waals surface area contributed by atoms with E-state index in [0.717, 1.165) is 7.11 Å². The predicted octanol–water partition coefficient (Wildman–Crippen LogP) is 1.94. The molecule has 0 amide bonds. The molecule has 0 saturated carbocycles. The molecule has 1 rings (SSSR count). The van der Waals surface area contributed by atoms with Gasteiger partial charge in [0.15, 0.2) is 5.75 Å². The molecule has 0 aliphatic carbocycles. The summed E-state index contributed by atoms with van der Waals surface area (Å²) in [6.07, 6.45) is -4.47. The first kappa shape index (κ1) is 14.0. The third-order valence-corrected chi connectivity index (χ3v) is 1.88. The van der Waals surface area contributed by atoms with Gasteiger partial charge in [-0.3, -0.25) is 0 Å². The maximum Gasteiger partial charge on any atom is 0.574 e. The minimum atomic E-state index is -5.09. The van der Waals surface area contributed by atoms with Gasteiger partial charge in [-0.1, -0.05) is 0 Å². The van der Waals surface area contributed by atoms with Crippen molar-refractivity contribution in [1.29, 1.82) is 0 Å². The van der Waals surface area contributed by atoms with E-state index in [9.17, 15) is 27.5 Å². The van der Waals surface area contributed by atoms with Gasteiger partial charge in [-0.2, -0.15) is 0 Å². The fraction of sp³-hybridized carbons (Fsp3) is 0.333. The van der Waals surface area contributed by atoms with Crippen LogP contribution < -0.4 is 4.74 Å². The van der Waals surface area contributed by atoms with Gasteiger partial charge in [0.05, 0.1) is 12.7 Å². The largest absolute Gasteiger partial charge is 0.574 e. The van der Waals surface area contributed by atoms with Gasteiger partial charge in [-0.15, -0.1) is 13.2 Å². The van der Waals surface area contributed by atoms with Gasteiger partial charge < -0.3 is 14.6 Å². The number of hydrogen-bond donors (Lipinski definition) is 1. The lowest BCUT2D eigenvalue weighted by atomic mass is 10.1. The van der Waals surface area contributed by atoms with Gasteiger partial charge >= 0.3 is 12.3 Å².